The molecular formula is C28H26ClN3O3. The van der Waals surface area contributed by atoms with Gasteiger partial charge in [0, 0.05) is 27.8 Å². The number of ether oxygens (including phenoxy) is 2. The molecule has 1 aromatic heterocycles. The molecule has 0 spiro atoms. The second kappa shape index (κ2) is 9.47. The highest BCUT2D eigenvalue weighted by Gasteiger charge is 2.43. The zero-order chi connectivity index (χ0) is 24.5. The van der Waals surface area contributed by atoms with E-state index in [1.807, 2.05) is 91.5 Å². The number of hydrogen-bond acceptors (Lipinski definition) is 4. The van der Waals surface area contributed by atoms with E-state index in [4.69, 9.17) is 21.1 Å². The Morgan fingerprint density at radius 2 is 1.69 bits per heavy atom. The molecule has 1 N–H and O–H groups in total. The zero-order valence-corrected chi connectivity index (χ0v) is 20.5. The molecule has 35 heavy (non-hydrogen) atoms. The van der Waals surface area contributed by atoms with Crippen LogP contribution in [-0.4, -0.2) is 34.2 Å². The Bertz CT molecular complexity index is 1350. The van der Waals surface area contributed by atoms with Crippen LogP contribution in [-0.2, 0) is 6.61 Å². The van der Waals surface area contributed by atoms with Gasteiger partial charge in [-0.05, 0) is 61.9 Å². The van der Waals surface area contributed by atoms with Gasteiger partial charge in [0.2, 0.25) is 0 Å². The summed E-state index contributed by atoms with van der Waals surface area (Å²) in [7, 11) is 1.64. The number of rotatable bonds is 7. The molecular weight excluding hydrogens is 462 g/mol. The summed E-state index contributed by atoms with van der Waals surface area (Å²) in [5, 5.41) is 8.20. The Hall–Kier alpha value is -3.77. The quantitative estimate of drug-likeness (QED) is 0.333. The zero-order valence-electron chi connectivity index (χ0n) is 19.8. The van der Waals surface area contributed by atoms with Crippen molar-refractivity contribution < 1.29 is 14.3 Å². The molecule has 178 valence electrons. The van der Waals surface area contributed by atoms with Crippen molar-refractivity contribution >= 4 is 17.5 Å². The lowest BCUT2D eigenvalue weighted by atomic mass is 9.95. The number of fused-ring (bicyclic) bond motifs is 1. The molecule has 0 aliphatic carbocycles. The van der Waals surface area contributed by atoms with Gasteiger partial charge in [0.05, 0.1) is 18.8 Å². The van der Waals surface area contributed by atoms with Gasteiger partial charge in [-0.3, -0.25) is 9.89 Å². The summed E-state index contributed by atoms with van der Waals surface area (Å²) in [6, 6.07) is 23.0. The van der Waals surface area contributed by atoms with E-state index in [-0.39, 0.29) is 18.0 Å². The summed E-state index contributed by atoms with van der Waals surface area (Å²) < 4.78 is 11.3. The molecule has 1 aliphatic heterocycles. The summed E-state index contributed by atoms with van der Waals surface area (Å²) >= 11 is 6.25. The fraction of sp³-hybridized carbons (Fsp3) is 0.214. The van der Waals surface area contributed by atoms with Gasteiger partial charge in [-0.15, -0.1) is 0 Å². The number of amides is 1. The van der Waals surface area contributed by atoms with Crippen molar-refractivity contribution in [3.05, 3.63) is 100 Å². The summed E-state index contributed by atoms with van der Waals surface area (Å²) in [6.07, 6.45) is 0. The van der Waals surface area contributed by atoms with Crippen LogP contribution in [0.1, 0.15) is 47.1 Å². The monoisotopic (exact) mass is 487 g/mol. The van der Waals surface area contributed by atoms with Crippen molar-refractivity contribution in [3.63, 3.8) is 0 Å². The average Bonchev–Trinajstić information content (AvgIpc) is 3.43. The van der Waals surface area contributed by atoms with E-state index in [9.17, 15) is 4.79 Å². The lowest BCUT2D eigenvalue weighted by Crippen LogP contribution is -2.35. The molecule has 0 bridgehead atoms. The van der Waals surface area contributed by atoms with Crippen LogP contribution in [0.4, 0.5) is 0 Å². The van der Waals surface area contributed by atoms with Crippen molar-refractivity contribution in [3.8, 4) is 22.8 Å². The number of hydrogen-bond donors (Lipinski definition) is 1. The maximum absolute atomic E-state index is 13.3. The molecule has 0 fully saturated rings. The number of carbonyl (C=O) groups excluding carboxylic acids is 1. The molecule has 1 aliphatic rings. The van der Waals surface area contributed by atoms with E-state index in [0.29, 0.717) is 17.3 Å². The van der Waals surface area contributed by atoms with Gasteiger partial charge in [-0.1, -0.05) is 41.9 Å². The van der Waals surface area contributed by atoms with Gasteiger partial charge in [0.1, 0.15) is 23.8 Å². The predicted molar refractivity (Wildman–Crippen MR) is 136 cm³/mol. The van der Waals surface area contributed by atoms with E-state index in [1.54, 1.807) is 7.11 Å². The Morgan fingerprint density at radius 3 is 2.34 bits per heavy atom. The summed E-state index contributed by atoms with van der Waals surface area (Å²) in [6.45, 7) is 4.43. The maximum Gasteiger partial charge on any atom is 0.273 e. The Labute approximate surface area is 209 Å². The minimum absolute atomic E-state index is 0.00756. The second-order valence-electron chi connectivity index (χ2n) is 8.75. The molecule has 5 rings (SSSR count). The first-order valence-electron chi connectivity index (χ1n) is 11.5. The minimum atomic E-state index is -0.258. The first kappa shape index (κ1) is 23.0. The molecule has 3 aromatic carbocycles. The molecule has 1 atom stereocenters. The predicted octanol–water partition coefficient (Wildman–Crippen LogP) is 6.27. The van der Waals surface area contributed by atoms with E-state index in [0.717, 1.165) is 39.4 Å². The normalized spacial score (nSPS) is 14.9. The van der Waals surface area contributed by atoms with E-state index < -0.39 is 0 Å². The van der Waals surface area contributed by atoms with Crippen molar-refractivity contribution in [1.82, 2.24) is 15.1 Å². The fourth-order valence-electron chi connectivity index (χ4n) is 4.52. The SMILES string of the molecule is COc1ccc(-c2n[nH]c3c2C(c2ccc(OCc4ccccc4Cl)cc2)N(C(C)C)C3=O)cc1. The Morgan fingerprint density at radius 1 is 1.00 bits per heavy atom. The van der Waals surface area contributed by atoms with Crippen molar-refractivity contribution in [2.24, 2.45) is 0 Å². The van der Waals surface area contributed by atoms with Gasteiger partial charge in [-0.2, -0.15) is 5.10 Å². The van der Waals surface area contributed by atoms with Crippen molar-refractivity contribution in [2.75, 3.05) is 7.11 Å². The molecule has 4 aromatic rings. The lowest BCUT2D eigenvalue weighted by Gasteiger charge is -2.30. The van der Waals surface area contributed by atoms with Crippen molar-refractivity contribution in [1.29, 1.82) is 0 Å². The summed E-state index contributed by atoms with van der Waals surface area (Å²) in [4.78, 5) is 15.2. The molecule has 0 radical (unpaired) electrons. The maximum atomic E-state index is 13.3. The highest BCUT2D eigenvalue weighted by molar-refractivity contribution is 6.31. The minimum Gasteiger partial charge on any atom is -0.497 e. The highest BCUT2D eigenvalue weighted by Crippen LogP contribution is 2.44. The number of aromatic nitrogens is 2. The second-order valence-corrected chi connectivity index (χ2v) is 9.15. The van der Waals surface area contributed by atoms with Crippen molar-refractivity contribution in [2.45, 2.75) is 32.5 Å². The number of nitrogens with one attached hydrogen (secondary N) is 1. The molecule has 6 nitrogen and oxygen atoms in total. The van der Waals surface area contributed by atoms with E-state index >= 15 is 0 Å². The van der Waals surface area contributed by atoms with Crippen LogP contribution in [0.2, 0.25) is 5.02 Å². The molecule has 1 amide bonds. The third-order valence-electron chi connectivity index (χ3n) is 6.27. The standard InChI is InChI=1S/C28H26ClN3O3/c1-17(2)32-27(19-10-14-22(15-11-19)35-16-20-6-4-5-7-23(20)29)24-25(30-31-26(24)28(32)33)18-8-12-21(34-3)13-9-18/h4-15,17,27H,16H2,1-3H3,(H,30,31). The summed E-state index contributed by atoms with van der Waals surface area (Å²) in [5.41, 5.74) is 5.03. The van der Waals surface area contributed by atoms with Crippen LogP contribution < -0.4 is 9.47 Å². The molecule has 7 heteroatoms. The van der Waals surface area contributed by atoms with Crippen LogP contribution in [0, 0.1) is 0 Å². The molecule has 1 unspecified atom stereocenters. The van der Waals surface area contributed by atoms with Gasteiger partial charge in [0.15, 0.2) is 0 Å². The fourth-order valence-corrected chi connectivity index (χ4v) is 4.71. The largest absolute Gasteiger partial charge is 0.497 e. The number of methoxy groups -OCH3 is 1. The van der Waals surface area contributed by atoms with Gasteiger partial charge < -0.3 is 14.4 Å². The number of carbonyl (C=O) groups is 1. The smallest absolute Gasteiger partial charge is 0.273 e. The first-order chi connectivity index (χ1) is 17.0. The number of H-pyrrole nitrogens is 1. The highest BCUT2D eigenvalue weighted by atomic mass is 35.5. The topological polar surface area (TPSA) is 67.5 Å². The third-order valence-corrected chi connectivity index (χ3v) is 6.64. The van der Waals surface area contributed by atoms with E-state index in [1.165, 1.54) is 0 Å². The Kier molecular flexibility index (Phi) is 6.22. The number of nitrogens with zero attached hydrogens (tertiary/aromatic N) is 2. The average molecular weight is 488 g/mol. The van der Waals surface area contributed by atoms with Crippen LogP contribution in [0.25, 0.3) is 11.3 Å². The number of aromatic amines is 1. The first-order valence-corrected chi connectivity index (χ1v) is 11.9. The molecule has 0 saturated carbocycles. The summed E-state index contributed by atoms with van der Waals surface area (Å²) in [5.74, 6) is 1.45. The van der Waals surface area contributed by atoms with Gasteiger partial charge in [-0.25, -0.2) is 0 Å². The number of benzene rings is 3. The molecule has 2 heterocycles. The van der Waals surface area contributed by atoms with Crippen LogP contribution in [0.5, 0.6) is 11.5 Å². The van der Waals surface area contributed by atoms with Crippen LogP contribution in [0.3, 0.4) is 0 Å². The van der Waals surface area contributed by atoms with Crippen LogP contribution in [0.15, 0.2) is 72.8 Å². The lowest BCUT2D eigenvalue weighted by molar-refractivity contribution is 0.0688. The van der Waals surface area contributed by atoms with Crippen LogP contribution >= 0.6 is 11.6 Å². The third kappa shape index (κ3) is 4.26. The van der Waals surface area contributed by atoms with E-state index in [2.05, 4.69) is 10.2 Å². The van der Waals surface area contributed by atoms with Gasteiger partial charge >= 0.3 is 0 Å². The molecule has 0 saturated heterocycles. The Balaban J connectivity index is 1.47. The number of halogens is 1. The van der Waals surface area contributed by atoms with Gasteiger partial charge in [0.25, 0.3) is 5.91 Å².